The van der Waals surface area contributed by atoms with Crippen molar-refractivity contribution >= 4 is 27.5 Å². The van der Waals surface area contributed by atoms with E-state index in [2.05, 4.69) is 10.4 Å². The van der Waals surface area contributed by atoms with Crippen molar-refractivity contribution in [2.75, 3.05) is 25.9 Å². The molecule has 158 valence electrons. The summed E-state index contributed by atoms with van der Waals surface area (Å²) in [4.78, 5) is 12.8. The number of hydrogen-bond donors (Lipinski definition) is 1. The van der Waals surface area contributed by atoms with Gasteiger partial charge in [-0.15, -0.1) is 0 Å². The van der Waals surface area contributed by atoms with E-state index in [9.17, 15) is 13.2 Å². The van der Waals surface area contributed by atoms with Gasteiger partial charge in [0, 0.05) is 24.7 Å². The highest BCUT2D eigenvalue weighted by atomic mass is 35.5. The van der Waals surface area contributed by atoms with Crippen LogP contribution < -0.4 is 5.32 Å². The van der Waals surface area contributed by atoms with E-state index in [1.165, 1.54) is 10.6 Å². The molecule has 2 aromatic rings. The SMILES string of the molecule is CC(C)c1c(C(=O)NCC2CCN(S(C)(=O)=O)CC2)cnn1-c1ccc(Cl)cc1. The fourth-order valence-electron chi connectivity index (χ4n) is 3.65. The maximum atomic E-state index is 12.8. The van der Waals surface area contributed by atoms with Crippen molar-refractivity contribution < 1.29 is 13.2 Å². The minimum atomic E-state index is -3.14. The summed E-state index contributed by atoms with van der Waals surface area (Å²) in [5.74, 6) is 0.220. The van der Waals surface area contributed by atoms with Gasteiger partial charge in [0.05, 0.1) is 29.4 Å². The first-order chi connectivity index (χ1) is 13.7. The number of halogens is 1. The third-order valence-electron chi connectivity index (χ3n) is 5.26. The van der Waals surface area contributed by atoms with Crippen LogP contribution in [0.25, 0.3) is 5.69 Å². The maximum Gasteiger partial charge on any atom is 0.254 e. The highest BCUT2D eigenvalue weighted by Crippen LogP contribution is 2.24. The van der Waals surface area contributed by atoms with E-state index in [0.29, 0.717) is 30.2 Å². The van der Waals surface area contributed by atoms with Crippen molar-refractivity contribution in [1.29, 1.82) is 0 Å². The second-order valence-electron chi connectivity index (χ2n) is 7.80. The Kier molecular flexibility index (Phi) is 6.65. The molecule has 0 unspecified atom stereocenters. The number of aromatic nitrogens is 2. The van der Waals surface area contributed by atoms with Gasteiger partial charge in [-0.05, 0) is 48.9 Å². The molecule has 1 aromatic heterocycles. The fraction of sp³-hybridized carbons (Fsp3) is 0.500. The Morgan fingerprint density at radius 3 is 2.41 bits per heavy atom. The first-order valence-corrected chi connectivity index (χ1v) is 12.0. The van der Waals surface area contributed by atoms with Gasteiger partial charge >= 0.3 is 0 Å². The summed E-state index contributed by atoms with van der Waals surface area (Å²) in [6.45, 7) is 5.60. The third-order valence-corrected chi connectivity index (χ3v) is 6.82. The minimum Gasteiger partial charge on any atom is -0.352 e. The van der Waals surface area contributed by atoms with Crippen molar-refractivity contribution in [2.45, 2.75) is 32.6 Å². The van der Waals surface area contributed by atoms with Crippen LogP contribution in [0.5, 0.6) is 0 Å². The lowest BCUT2D eigenvalue weighted by Crippen LogP contribution is -2.41. The highest BCUT2D eigenvalue weighted by Gasteiger charge is 2.26. The molecule has 0 aliphatic carbocycles. The lowest BCUT2D eigenvalue weighted by atomic mass is 9.98. The molecule has 3 rings (SSSR count). The van der Waals surface area contributed by atoms with Gasteiger partial charge in [0.1, 0.15) is 0 Å². The molecule has 1 amide bonds. The Labute approximate surface area is 177 Å². The van der Waals surface area contributed by atoms with Crippen molar-refractivity contribution in [1.82, 2.24) is 19.4 Å². The van der Waals surface area contributed by atoms with E-state index in [4.69, 9.17) is 11.6 Å². The van der Waals surface area contributed by atoms with E-state index in [1.54, 1.807) is 23.0 Å². The van der Waals surface area contributed by atoms with E-state index >= 15 is 0 Å². The van der Waals surface area contributed by atoms with E-state index in [1.807, 2.05) is 26.0 Å². The van der Waals surface area contributed by atoms with Gasteiger partial charge in [0.15, 0.2) is 0 Å². The predicted octanol–water partition coefficient (Wildman–Crippen LogP) is 3.05. The Balaban J connectivity index is 1.68. The Hall–Kier alpha value is -1.90. The van der Waals surface area contributed by atoms with Gasteiger partial charge in [-0.3, -0.25) is 4.79 Å². The quantitative estimate of drug-likeness (QED) is 0.751. The molecule has 7 nitrogen and oxygen atoms in total. The summed E-state index contributed by atoms with van der Waals surface area (Å²) in [5, 5.41) is 8.08. The van der Waals surface area contributed by atoms with Crippen LogP contribution in [0.15, 0.2) is 30.5 Å². The van der Waals surface area contributed by atoms with Crippen molar-refractivity contribution in [3.8, 4) is 5.69 Å². The normalized spacial score (nSPS) is 16.3. The van der Waals surface area contributed by atoms with Gasteiger partial charge in [-0.2, -0.15) is 5.10 Å². The molecule has 9 heteroatoms. The summed E-state index contributed by atoms with van der Waals surface area (Å²) in [6, 6.07) is 7.34. The molecule has 29 heavy (non-hydrogen) atoms. The molecule has 0 radical (unpaired) electrons. The van der Waals surface area contributed by atoms with Crippen LogP contribution in [0.4, 0.5) is 0 Å². The zero-order valence-corrected chi connectivity index (χ0v) is 18.5. The van der Waals surface area contributed by atoms with Gasteiger partial charge in [0.2, 0.25) is 10.0 Å². The number of nitrogens with zero attached hydrogens (tertiary/aromatic N) is 3. The molecule has 1 aliphatic heterocycles. The number of piperidine rings is 1. The molecule has 0 atom stereocenters. The Morgan fingerprint density at radius 2 is 1.86 bits per heavy atom. The highest BCUT2D eigenvalue weighted by molar-refractivity contribution is 7.88. The van der Waals surface area contributed by atoms with Crippen LogP contribution in [-0.2, 0) is 10.0 Å². The largest absolute Gasteiger partial charge is 0.352 e. The molecule has 0 spiro atoms. The van der Waals surface area contributed by atoms with E-state index < -0.39 is 10.0 Å². The zero-order chi connectivity index (χ0) is 21.2. The predicted molar refractivity (Wildman–Crippen MR) is 114 cm³/mol. The summed E-state index contributed by atoms with van der Waals surface area (Å²) in [6.07, 6.45) is 4.33. The zero-order valence-electron chi connectivity index (χ0n) is 16.9. The number of amides is 1. The molecule has 1 N–H and O–H groups in total. The maximum absolute atomic E-state index is 12.8. The van der Waals surface area contributed by atoms with Crippen LogP contribution in [0.1, 0.15) is 48.7 Å². The Morgan fingerprint density at radius 1 is 1.24 bits per heavy atom. The molecule has 1 fully saturated rings. The van der Waals surface area contributed by atoms with Crippen molar-refractivity contribution in [3.63, 3.8) is 0 Å². The number of rotatable bonds is 6. The van der Waals surface area contributed by atoms with E-state index in [0.717, 1.165) is 24.2 Å². The molecule has 0 bridgehead atoms. The standard InChI is InChI=1S/C20H27ClN4O3S/c1-14(2)19-18(13-23-25(19)17-6-4-16(21)5-7-17)20(26)22-12-15-8-10-24(11-9-15)29(3,27)28/h4-7,13-15H,8-12H2,1-3H3,(H,22,26). The Bertz CT molecular complexity index is 962. The fourth-order valence-corrected chi connectivity index (χ4v) is 4.65. The minimum absolute atomic E-state index is 0.104. The molecule has 2 heterocycles. The molecule has 1 aliphatic rings. The number of carbonyl (C=O) groups excluding carboxylic acids is 1. The van der Waals surface area contributed by atoms with Gasteiger partial charge < -0.3 is 5.32 Å². The summed E-state index contributed by atoms with van der Waals surface area (Å²) >= 11 is 5.98. The molecular weight excluding hydrogens is 412 g/mol. The van der Waals surface area contributed by atoms with Crippen LogP contribution in [-0.4, -0.2) is 54.3 Å². The number of hydrogen-bond acceptors (Lipinski definition) is 4. The topological polar surface area (TPSA) is 84.3 Å². The van der Waals surface area contributed by atoms with Crippen LogP contribution in [0.2, 0.25) is 5.02 Å². The van der Waals surface area contributed by atoms with Crippen LogP contribution >= 0.6 is 11.6 Å². The number of sulfonamides is 1. The second-order valence-corrected chi connectivity index (χ2v) is 10.2. The second kappa shape index (κ2) is 8.85. The number of benzene rings is 1. The smallest absolute Gasteiger partial charge is 0.254 e. The number of carbonyl (C=O) groups is 1. The van der Waals surface area contributed by atoms with Crippen molar-refractivity contribution in [2.24, 2.45) is 5.92 Å². The van der Waals surface area contributed by atoms with Crippen LogP contribution in [0.3, 0.4) is 0 Å². The lowest BCUT2D eigenvalue weighted by Gasteiger charge is -2.30. The lowest BCUT2D eigenvalue weighted by molar-refractivity contribution is 0.0940. The van der Waals surface area contributed by atoms with Gasteiger partial charge in [0.25, 0.3) is 5.91 Å². The van der Waals surface area contributed by atoms with Gasteiger partial charge in [-0.1, -0.05) is 25.4 Å². The first kappa shape index (κ1) is 21.8. The van der Waals surface area contributed by atoms with Crippen molar-refractivity contribution in [3.05, 3.63) is 46.7 Å². The molecule has 0 saturated carbocycles. The van der Waals surface area contributed by atoms with Gasteiger partial charge in [-0.25, -0.2) is 17.4 Å². The number of nitrogens with one attached hydrogen (secondary N) is 1. The summed E-state index contributed by atoms with van der Waals surface area (Å²) in [7, 11) is -3.14. The molecule has 1 aromatic carbocycles. The van der Waals surface area contributed by atoms with Crippen LogP contribution in [0, 0.1) is 5.92 Å². The van der Waals surface area contributed by atoms with E-state index in [-0.39, 0.29) is 17.7 Å². The third kappa shape index (κ3) is 5.18. The summed E-state index contributed by atoms with van der Waals surface area (Å²) in [5.41, 5.74) is 2.26. The average molecular weight is 439 g/mol. The molecular formula is C20H27ClN4O3S. The average Bonchev–Trinajstić information content (AvgIpc) is 3.12. The monoisotopic (exact) mass is 438 g/mol. The summed E-state index contributed by atoms with van der Waals surface area (Å²) < 4.78 is 26.5. The molecule has 1 saturated heterocycles. The first-order valence-electron chi connectivity index (χ1n) is 9.74.